The molecule has 0 saturated heterocycles. The fourth-order valence-corrected chi connectivity index (χ4v) is 3.45. The first-order valence-electron chi connectivity index (χ1n) is 6.18. The molecule has 0 radical (unpaired) electrons. The molecular formula is C15H11IN2O2S. The van der Waals surface area contributed by atoms with Gasteiger partial charge < -0.3 is 0 Å². The number of aromatic nitrogens is 1. The molecule has 0 aliphatic rings. The van der Waals surface area contributed by atoms with Crippen LogP contribution >= 0.6 is 22.6 Å². The summed E-state index contributed by atoms with van der Waals surface area (Å²) < 4.78 is 28.5. The second-order valence-corrected chi connectivity index (χ2v) is 7.36. The number of halogens is 1. The second kappa shape index (κ2) is 5.61. The number of hydrogen-bond donors (Lipinski definition) is 1. The van der Waals surface area contributed by atoms with Crippen molar-refractivity contribution in [3.63, 3.8) is 0 Å². The van der Waals surface area contributed by atoms with Crippen molar-refractivity contribution in [2.45, 2.75) is 4.90 Å². The van der Waals surface area contributed by atoms with E-state index in [0.29, 0.717) is 5.69 Å². The van der Waals surface area contributed by atoms with Crippen LogP contribution in [0.5, 0.6) is 0 Å². The van der Waals surface area contributed by atoms with Crippen LogP contribution in [0.3, 0.4) is 0 Å². The normalized spacial score (nSPS) is 11.5. The molecule has 0 saturated carbocycles. The van der Waals surface area contributed by atoms with Crippen molar-refractivity contribution in [3.05, 3.63) is 64.4 Å². The highest BCUT2D eigenvalue weighted by atomic mass is 127. The number of benzene rings is 2. The molecule has 0 aliphatic carbocycles. The van der Waals surface area contributed by atoms with Crippen LogP contribution in [0.4, 0.5) is 5.69 Å². The summed E-state index contributed by atoms with van der Waals surface area (Å²) in [6, 6.07) is 15.7. The SMILES string of the molecule is O=S(=O)(Nc1cccc2ncccc12)c1ccc(I)cc1. The lowest BCUT2D eigenvalue weighted by atomic mass is 10.2. The van der Waals surface area contributed by atoms with Gasteiger partial charge in [-0.15, -0.1) is 0 Å². The van der Waals surface area contributed by atoms with Gasteiger partial charge in [0.15, 0.2) is 0 Å². The minimum atomic E-state index is -3.60. The summed E-state index contributed by atoms with van der Waals surface area (Å²) in [6.45, 7) is 0. The van der Waals surface area contributed by atoms with Gasteiger partial charge in [0.2, 0.25) is 0 Å². The van der Waals surface area contributed by atoms with Crippen LogP contribution in [0.15, 0.2) is 65.7 Å². The molecule has 1 heterocycles. The number of anilines is 1. The van der Waals surface area contributed by atoms with Gasteiger partial charge in [0.25, 0.3) is 10.0 Å². The zero-order chi connectivity index (χ0) is 14.9. The van der Waals surface area contributed by atoms with Crippen LogP contribution < -0.4 is 4.72 Å². The van der Waals surface area contributed by atoms with Crippen LogP contribution in [-0.2, 0) is 10.0 Å². The summed E-state index contributed by atoms with van der Waals surface area (Å²) in [5.41, 5.74) is 1.28. The maximum absolute atomic E-state index is 12.4. The number of sulfonamides is 1. The topological polar surface area (TPSA) is 59.1 Å². The Balaban J connectivity index is 2.03. The van der Waals surface area contributed by atoms with E-state index in [0.717, 1.165) is 14.5 Å². The van der Waals surface area contributed by atoms with Crippen molar-refractivity contribution in [2.75, 3.05) is 4.72 Å². The van der Waals surface area contributed by atoms with E-state index in [4.69, 9.17) is 0 Å². The Morgan fingerprint density at radius 2 is 1.71 bits per heavy atom. The average Bonchev–Trinajstić information content (AvgIpc) is 2.48. The lowest BCUT2D eigenvalue weighted by Crippen LogP contribution is -2.13. The second-order valence-electron chi connectivity index (χ2n) is 4.44. The number of fused-ring (bicyclic) bond motifs is 1. The van der Waals surface area contributed by atoms with Crippen LogP contribution in [0.1, 0.15) is 0 Å². The van der Waals surface area contributed by atoms with Gasteiger partial charge in [-0.2, -0.15) is 0 Å². The highest BCUT2D eigenvalue weighted by Crippen LogP contribution is 2.24. The molecule has 2 aromatic carbocycles. The van der Waals surface area contributed by atoms with E-state index in [-0.39, 0.29) is 4.90 Å². The first-order chi connectivity index (χ1) is 10.1. The van der Waals surface area contributed by atoms with Gasteiger partial charge >= 0.3 is 0 Å². The maximum Gasteiger partial charge on any atom is 0.261 e. The minimum Gasteiger partial charge on any atom is -0.279 e. The first kappa shape index (κ1) is 14.3. The molecule has 106 valence electrons. The standard InChI is InChI=1S/C15H11IN2O2S/c16-11-6-8-12(9-7-11)21(19,20)18-15-5-1-4-14-13(15)3-2-10-17-14/h1-10,18H. The van der Waals surface area contributed by atoms with Crippen LogP contribution in [0, 0.1) is 3.57 Å². The van der Waals surface area contributed by atoms with Gasteiger partial charge in [-0.1, -0.05) is 6.07 Å². The lowest BCUT2D eigenvalue weighted by Gasteiger charge is -2.10. The fraction of sp³-hybridized carbons (Fsp3) is 0. The van der Waals surface area contributed by atoms with Gasteiger partial charge in [-0.25, -0.2) is 8.42 Å². The molecule has 4 nitrogen and oxygen atoms in total. The Morgan fingerprint density at radius 1 is 0.952 bits per heavy atom. The zero-order valence-electron chi connectivity index (χ0n) is 10.8. The predicted octanol–water partition coefficient (Wildman–Crippen LogP) is 3.64. The highest BCUT2D eigenvalue weighted by molar-refractivity contribution is 14.1. The van der Waals surface area contributed by atoms with Gasteiger partial charge in [0.05, 0.1) is 16.1 Å². The molecule has 3 aromatic rings. The molecule has 0 amide bonds. The summed E-state index contributed by atoms with van der Waals surface area (Å²) >= 11 is 2.14. The summed E-state index contributed by atoms with van der Waals surface area (Å²) in [6.07, 6.45) is 1.68. The Labute approximate surface area is 136 Å². The van der Waals surface area contributed by atoms with Gasteiger partial charge in [-0.05, 0) is 71.1 Å². The number of rotatable bonds is 3. The zero-order valence-corrected chi connectivity index (χ0v) is 13.8. The molecule has 21 heavy (non-hydrogen) atoms. The third-order valence-electron chi connectivity index (χ3n) is 3.01. The Hall–Kier alpha value is -1.67. The van der Waals surface area contributed by atoms with Gasteiger partial charge in [0, 0.05) is 15.2 Å². The summed E-state index contributed by atoms with van der Waals surface area (Å²) in [5, 5.41) is 0.772. The first-order valence-corrected chi connectivity index (χ1v) is 8.75. The number of hydrogen-bond acceptors (Lipinski definition) is 3. The van der Waals surface area contributed by atoms with Crippen molar-refractivity contribution in [1.29, 1.82) is 0 Å². The van der Waals surface area contributed by atoms with E-state index >= 15 is 0 Å². The largest absolute Gasteiger partial charge is 0.279 e. The highest BCUT2D eigenvalue weighted by Gasteiger charge is 2.15. The van der Waals surface area contributed by atoms with Crippen molar-refractivity contribution in [2.24, 2.45) is 0 Å². The Kier molecular flexibility index (Phi) is 3.81. The molecule has 0 spiro atoms. The summed E-state index contributed by atoms with van der Waals surface area (Å²) in [4.78, 5) is 4.46. The van der Waals surface area contributed by atoms with Crippen molar-refractivity contribution < 1.29 is 8.42 Å². The van der Waals surface area contributed by atoms with Crippen LogP contribution in [-0.4, -0.2) is 13.4 Å². The van der Waals surface area contributed by atoms with E-state index in [1.807, 2.05) is 12.1 Å². The molecule has 0 bridgehead atoms. The van der Waals surface area contributed by atoms with Crippen molar-refractivity contribution in [3.8, 4) is 0 Å². The molecule has 6 heteroatoms. The van der Waals surface area contributed by atoms with Crippen molar-refractivity contribution in [1.82, 2.24) is 4.98 Å². The molecule has 1 N–H and O–H groups in total. The molecule has 1 aromatic heterocycles. The van der Waals surface area contributed by atoms with E-state index in [1.165, 1.54) is 0 Å². The number of pyridine rings is 1. The third kappa shape index (κ3) is 3.01. The maximum atomic E-state index is 12.4. The molecule has 0 unspecified atom stereocenters. The fourth-order valence-electron chi connectivity index (χ4n) is 2.01. The van der Waals surface area contributed by atoms with E-state index < -0.39 is 10.0 Å². The molecule has 0 aliphatic heterocycles. The predicted molar refractivity (Wildman–Crippen MR) is 91.7 cm³/mol. The van der Waals surface area contributed by atoms with Gasteiger partial charge in [0.1, 0.15) is 0 Å². The lowest BCUT2D eigenvalue weighted by molar-refractivity contribution is 0.601. The number of nitrogens with zero attached hydrogens (tertiary/aromatic N) is 1. The molecule has 0 atom stereocenters. The van der Waals surface area contributed by atoms with Crippen LogP contribution in [0.2, 0.25) is 0 Å². The average molecular weight is 410 g/mol. The van der Waals surface area contributed by atoms with E-state index in [1.54, 1.807) is 48.7 Å². The van der Waals surface area contributed by atoms with E-state index in [2.05, 4.69) is 32.3 Å². The van der Waals surface area contributed by atoms with Crippen LogP contribution in [0.25, 0.3) is 10.9 Å². The summed E-state index contributed by atoms with van der Waals surface area (Å²) in [7, 11) is -3.60. The quantitative estimate of drug-likeness (QED) is 0.671. The molecule has 0 fully saturated rings. The number of nitrogens with one attached hydrogen (secondary N) is 1. The van der Waals surface area contributed by atoms with Crippen molar-refractivity contribution >= 4 is 49.2 Å². The third-order valence-corrected chi connectivity index (χ3v) is 5.11. The summed E-state index contributed by atoms with van der Waals surface area (Å²) in [5.74, 6) is 0. The smallest absolute Gasteiger partial charge is 0.261 e. The monoisotopic (exact) mass is 410 g/mol. The van der Waals surface area contributed by atoms with E-state index in [9.17, 15) is 8.42 Å². The molecular weight excluding hydrogens is 399 g/mol. The Bertz CT molecular complexity index is 888. The Morgan fingerprint density at radius 3 is 2.48 bits per heavy atom. The van der Waals surface area contributed by atoms with Gasteiger partial charge in [-0.3, -0.25) is 9.71 Å². The molecule has 3 rings (SSSR count). The minimum absolute atomic E-state index is 0.240.